The van der Waals surface area contributed by atoms with Crippen LogP contribution in [-0.2, 0) is 11.3 Å². The summed E-state index contributed by atoms with van der Waals surface area (Å²) >= 11 is 5.31. The van der Waals surface area contributed by atoms with Crippen LogP contribution >= 0.6 is 12.2 Å². The highest BCUT2D eigenvalue weighted by molar-refractivity contribution is 7.71. The number of anilines is 1. The van der Waals surface area contributed by atoms with E-state index in [0.29, 0.717) is 33.1 Å². The van der Waals surface area contributed by atoms with Crippen molar-refractivity contribution in [2.75, 3.05) is 12.4 Å². The molecule has 0 aliphatic carbocycles. The maximum Gasteiger partial charge on any atom is 0.244 e. The number of hydrogen-bond donors (Lipinski definition) is 3. The number of aromatic nitrogens is 5. The Labute approximate surface area is 202 Å². The van der Waals surface area contributed by atoms with Gasteiger partial charge in [-0.2, -0.15) is 5.10 Å². The highest BCUT2D eigenvalue weighted by atomic mass is 32.1. The number of fused-ring (bicyclic) bond motifs is 1. The second-order valence-electron chi connectivity index (χ2n) is 7.66. The van der Waals surface area contributed by atoms with Crippen molar-refractivity contribution in [2.24, 2.45) is 0 Å². The number of imidazole rings is 1. The predicted molar refractivity (Wildman–Crippen MR) is 129 cm³/mol. The third-order valence-electron chi connectivity index (χ3n) is 5.36. The lowest BCUT2D eigenvalue weighted by atomic mass is 10.2. The Hall–Kier alpha value is -4.38. The van der Waals surface area contributed by atoms with Gasteiger partial charge < -0.3 is 15.0 Å². The van der Waals surface area contributed by atoms with Crippen LogP contribution in [0.5, 0.6) is 5.75 Å². The quantitative estimate of drug-likeness (QED) is 0.287. The molecule has 0 saturated heterocycles. The number of nitrogens with one attached hydrogen (secondary N) is 3. The molecular formula is C24H18F2N6O2S. The monoisotopic (exact) mass is 492 g/mol. The number of H-pyrrole nitrogens is 2. The van der Waals surface area contributed by atoms with Gasteiger partial charge in [-0.05, 0) is 72.9 Å². The number of methoxy groups -OCH3 is 1. The van der Waals surface area contributed by atoms with Crippen molar-refractivity contribution in [3.05, 3.63) is 77.1 Å². The molecule has 5 aromatic rings. The molecule has 2 heterocycles. The molecule has 0 saturated carbocycles. The zero-order valence-corrected chi connectivity index (χ0v) is 19.1. The van der Waals surface area contributed by atoms with Crippen LogP contribution in [0.1, 0.15) is 0 Å². The van der Waals surface area contributed by atoms with Crippen molar-refractivity contribution in [3.8, 4) is 28.5 Å². The second-order valence-corrected chi connectivity index (χ2v) is 8.04. The molecule has 0 bridgehead atoms. The zero-order chi connectivity index (χ0) is 24.5. The number of ether oxygens (including phenoxy) is 1. The first kappa shape index (κ1) is 22.4. The van der Waals surface area contributed by atoms with Crippen LogP contribution < -0.4 is 10.1 Å². The Balaban J connectivity index is 1.36. The van der Waals surface area contributed by atoms with Gasteiger partial charge in [0, 0.05) is 11.3 Å². The van der Waals surface area contributed by atoms with E-state index in [1.165, 1.54) is 0 Å². The summed E-state index contributed by atoms with van der Waals surface area (Å²) in [6.45, 7) is -0.0720. The van der Waals surface area contributed by atoms with Gasteiger partial charge in [-0.15, -0.1) is 0 Å². The summed E-state index contributed by atoms with van der Waals surface area (Å²) in [7, 11) is 1.58. The smallest absolute Gasteiger partial charge is 0.244 e. The molecule has 0 aliphatic heterocycles. The summed E-state index contributed by atoms with van der Waals surface area (Å²) in [4.78, 5) is 20.1. The fraction of sp³-hybridized carbons (Fsp3) is 0.0833. The Morgan fingerprint density at radius 2 is 1.91 bits per heavy atom. The van der Waals surface area contributed by atoms with Crippen molar-refractivity contribution in [1.82, 2.24) is 24.7 Å². The molecule has 5 rings (SSSR count). The highest BCUT2D eigenvalue weighted by Crippen LogP contribution is 2.26. The van der Waals surface area contributed by atoms with E-state index in [2.05, 4.69) is 25.5 Å². The summed E-state index contributed by atoms with van der Waals surface area (Å²) in [6, 6.07) is 15.4. The van der Waals surface area contributed by atoms with E-state index in [0.717, 1.165) is 23.8 Å². The van der Waals surface area contributed by atoms with Crippen molar-refractivity contribution in [1.29, 1.82) is 0 Å². The van der Waals surface area contributed by atoms with Gasteiger partial charge in [0.15, 0.2) is 10.6 Å². The first-order chi connectivity index (χ1) is 16.9. The summed E-state index contributed by atoms with van der Waals surface area (Å²) in [5.41, 5.74) is 2.38. The largest absolute Gasteiger partial charge is 0.497 e. The molecule has 3 N–H and O–H groups in total. The summed E-state index contributed by atoms with van der Waals surface area (Å²) < 4.78 is 34.8. The molecule has 3 aromatic carbocycles. The summed E-state index contributed by atoms with van der Waals surface area (Å²) in [5, 5.41) is 9.78. The topological polar surface area (TPSA) is 101 Å². The first-order valence-electron chi connectivity index (χ1n) is 10.5. The van der Waals surface area contributed by atoms with Gasteiger partial charge in [-0.25, -0.2) is 13.8 Å². The van der Waals surface area contributed by atoms with Gasteiger partial charge >= 0.3 is 0 Å². The van der Waals surface area contributed by atoms with E-state index in [1.807, 2.05) is 12.1 Å². The van der Waals surface area contributed by atoms with Gasteiger partial charge in [-0.1, -0.05) is 0 Å². The molecule has 11 heteroatoms. The highest BCUT2D eigenvalue weighted by Gasteiger charge is 2.15. The fourth-order valence-electron chi connectivity index (χ4n) is 3.66. The van der Waals surface area contributed by atoms with E-state index >= 15 is 0 Å². The van der Waals surface area contributed by atoms with Crippen LogP contribution in [0.2, 0.25) is 0 Å². The van der Waals surface area contributed by atoms with Crippen molar-refractivity contribution < 1.29 is 18.3 Å². The fourth-order valence-corrected chi connectivity index (χ4v) is 3.86. The standard InChI is InChI=1S/C24H18F2N6O2S/c1-34-16-6-2-13(3-7-16)23-30-31-24(35)32(23)12-21(33)27-15-5-9-19-20(11-15)29-22(28-19)17-10-14(25)4-8-18(17)26/h2-11H,12H2,1H3,(H,27,33)(H,28,29)(H,31,35). The van der Waals surface area contributed by atoms with Crippen LogP contribution in [0.25, 0.3) is 33.8 Å². The molecule has 2 aromatic heterocycles. The number of carbonyl (C=O) groups is 1. The molecule has 0 fully saturated rings. The van der Waals surface area contributed by atoms with Crippen molar-refractivity contribution in [2.45, 2.75) is 6.54 Å². The third kappa shape index (κ3) is 4.53. The molecule has 0 spiro atoms. The molecule has 176 valence electrons. The van der Waals surface area contributed by atoms with E-state index < -0.39 is 11.6 Å². The number of nitrogens with zero attached hydrogens (tertiary/aromatic N) is 3. The Kier molecular flexibility index (Phi) is 5.83. The lowest BCUT2D eigenvalue weighted by Gasteiger charge is -2.09. The van der Waals surface area contributed by atoms with Crippen LogP contribution in [0.3, 0.4) is 0 Å². The number of carbonyl (C=O) groups excluding carboxylic acids is 1. The Bertz CT molecular complexity index is 1610. The maximum atomic E-state index is 14.1. The molecule has 8 nitrogen and oxygen atoms in total. The molecule has 1 amide bonds. The van der Waals surface area contributed by atoms with Crippen LogP contribution in [0.4, 0.5) is 14.5 Å². The average Bonchev–Trinajstić information content (AvgIpc) is 3.44. The number of halogens is 2. The van der Waals surface area contributed by atoms with Crippen molar-refractivity contribution in [3.63, 3.8) is 0 Å². The Morgan fingerprint density at radius 1 is 1.11 bits per heavy atom. The summed E-state index contributed by atoms with van der Waals surface area (Å²) in [5.74, 6) is -0.0877. The lowest BCUT2D eigenvalue weighted by molar-refractivity contribution is -0.116. The number of aromatic amines is 2. The van der Waals surface area contributed by atoms with E-state index in [-0.39, 0.29) is 23.8 Å². The van der Waals surface area contributed by atoms with Gasteiger partial charge in [0.05, 0.1) is 23.7 Å². The number of rotatable bonds is 6. The van der Waals surface area contributed by atoms with Gasteiger partial charge in [0.25, 0.3) is 0 Å². The Morgan fingerprint density at radius 3 is 2.69 bits per heavy atom. The molecule has 0 atom stereocenters. The molecule has 0 radical (unpaired) electrons. The van der Waals surface area contributed by atoms with Gasteiger partial charge in [0.1, 0.15) is 29.8 Å². The molecule has 0 aliphatic rings. The number of benzene rings is 3. The van der Waals surface area contributed by atoms with E-state index in [4.69, 9.17) is 17.0 Å². The maximum absolute atomic E-state index is 14.1. The van der Waals surface area contributed by atoms with E-state index in [9.17, 15) is 13.6 Å². The first-order valence-corrected chi connectivity index (χ1v) is 10.9. The van der Waals surface area contributed by atoms with E-state index in [1.54, 1.807) is 42.0 Å². The molecule has 0 unspecified atom stereocenters. The zero-order valence-electron chi connectivity index (χ0n) is 18.3. The minimum atomic E-state index is -0.594. The van der Waals surface area contributed by atoms with Gasteiger partial charge in [-0.3, -0.25) is 14.5 Å². The summed E-state index contributed by atoms with van der Waals surface area (Å²) in [6.07, 6.45) is 0. The predicted octanol–water partition coefficient (Wildman–Crippen LogP) is 5.08. The second kappa shape index (κ2) is 9.11. The van der Waals surface area contributed by atoms with Gasteiger partial charge in [0.2, 0.25) is 5.91 Å². The molecular weight excluding hydrogens is 474 g/mol. The third-order valence-corrected chi connectivity index (χ3v) is 5.67. The lowest BCUT2D eigenvalue weighted by Crippen LogP contribution is -2.19. The minimum absolute atomic E-state index is 0.0205. The van der Waals surface area contributed by atoms with Crippen LogP contribution in [-0.4, -0.2) is 37.7 Å². The SMILES string of the molecule is COc1ccc(-c2n[nH]c(=S)n2CC(=O)Nc2ccc3nc(-c4cc(F)ccc4F)[nH]c3c2)cc1. The van der Waals surface area contributed by atoms with Crippen LogP contribution in [0.15, 0.2) is 60.7 Å². The number of amides is 1. The molecule has 35 heavy (non-hydrogen) atoms. The average molecular weight is 493 g/mol. The van der Waals surface area contributed by atoms with Crippen molar-refractivity contribution >= 4 is 34.8 Å². The minimum Gasteiger partial charge on any atom is -0.497 e. The number of hydrogen-bond acceptors (Lipinski definition) is 5. The van der Waals surface area contributed by atoms with Crippen LogP contribution in [0, 0.1) is 16.4 Å². The normalized spacial score (nSPS) is 11.1.